The highest BCUT2D eigenvalue weighted by Crippen LogP contribution is 2.39. The van der Waals surface area contributed by atoms with Crippen molar-refractivity contribution in [2.75, 3.05) is 11.6 Å². The van der Waals surface area contributed by atoms with Crippen molar-refractivity contribution < 1.29 is 26.9 Å². The molecular weight excluding hydrogens is 431 g/mol. The van der Waals surface area contributed by atoms with Gasteiger partial charge in [0, 0.05) is 50.7 Å². The first-order chi connectivity index (χ1) is 13.7. The number of benzene rings is 2. The van der Waals surface area contributed by atoms with Gasteiger partial charge in [-0.05, 0) is 18.2 Å². The maximum Gasteiger partial charge on any atom is 0.252 e. The second-order valence-corrected chi connectivity index (χ2v) is 7.53. The molecule has 0 aliphatic heterocycles. The first-order valence-corrected chi connectivity index (χ1v) is 9.52. The highest BCUT2D eigenvalue weighted by molar-refractivity contribution is 7.09. The Labute approximate surface area is 172 Å². The summed E-state index contributed by atoms with van der Waals surface area (Å²) in [4.78, 5) is 14.4. The third-order valence-electron chi connectivity index (χ3n) is 4.59. The van der Waals surface area contributed by atoms with Gasteiger partial charge < -0.3 is 14.7 Å². The van der Waals surface area contributed by atoms with E-state index >= 15 is 0 Å². The molecule has 1 amide bonds. The number of anilines is 1. The van der Waals surface area contributed by atoms with Crippen LogP contribution in [-0.2, 0) is 9.32 Å². The lowest BCUT2D eigenvalue weighted by atomic mass is 9.87. The predicted octanol–water partition coefficient (Wildman–Crippen LogP) is 4.84. The van der Waals surface area contributed by atoms with Crippen molar-refractivity contribution >= 4 is 32.7 Å². The Balaban J connectivity index is 1.99. The van der Waals surface area contributed by atoms with Crippen LogP contribution in [0.4, 0.5) is 23.2 Å². The van der Waals surface area contributed by atoms with Crippen molar-refractivity contribution in [2.45, 2.75) is 30.8 Å². The minimum Gasteiger partial charge on any atom is -0.351 e. The summed E-state index contributed by atoms with van der Waals surface area (Å²) >= 11 is 6.27. The quantitative estimate of drug-likeness (QED) is 0.374. The molecule has 0 radical (unpaired) electrons. The van der Waals surface area contributed by atoms with Crippen LogP contribution in [0.1, 0.15) is 24.4 Å². The van der Waals surface area contributed by atoms with E-state index in [0.29, 0.717) is 11.6 Å². The molecule has 1 aliphatic rings. The Morgan fingerprint density at radius 3 is 2.41 bits per heavy atom. The SMILES string of the molecule is O=C(NC1CC(F)(F)C1)C(c1ccccc1Cl)N(COP)c1cc(F)cc(F)c1. The molecule has 0 bridgehead atoms. The number of nitrogens with one attached hydrogen (secondary N) is 1. The normalized spacial score (nSPS) is 16.8. The molecule has 0 saturated heterocycles. The van der Waals surface area contributed by atoms with E-state index in [-0.39, 0.29) is 17.4 Å². The molecule has 3 rings (SSSR count). The number of nitrogens with zero attached hydrogens (tertiary/aromatic N) is 1. The van der Waals surface area contributed by atoms with Crippen molar-refractivity contribution in [1.82, 2.24) is 5.32 Å². The molecule has 1 saturated carbocycles. The third kappa shape index (κ3) is 5.18. The molecule has 2 aromatic rings. The number of carbonyl (C=O) groups is 1. The number of hydrogen-bond acceptors (Lipinski definition) is 3. The summed E-state index contributed by atoms with van der Waals surface area (Å²) < 4.78 is 59.0. The van der Waals surface area contributed by atoms with E-state index in [0.717, 1.165) is 12.1 Å². The molecule has 1 aliphatic carbocycles. The van der Waals surface area contributed by atoms with Gasteiger partial charge in [-0.3, -0.25) is 4.79 Å². The second-order valence-electron chi connectivity index (χ2n) is 6.79. The number of carbonyl (C=O) groups excluding carboxylic acids is 1. The molecular formula is C19H18ClF4N2O2P. The van der Waals surface area contributed by atoms with Crippen molar-refractivity contribution in [3.8, 4) is 0 Å². The van der Waals surface area contributed by atoms with Crippen molar-refractivity contribution in [1.29, 1.82) is 0 Å². The van der Waals surface area contributed by atoms with Crippen LogP contribution in [0.3, 0.4) is 0 Å². The molecule has 2 unspecified atom stereocenters. The summed E-state index contributed by atoms with van der Waals surface area (Å²) in [6.07, 6.45) is -0.939. The fraction of sp³-hybridized carbons (Fsp3) is 0.316. The van der Waals surface area contributed by atoms with E-state index in [9.17, 15) is 22.4 Å². The molecule has 0 spiro atoms. The predicted molar refractivity (Wildman–Crippen MR) is 105 cm³/mol. The minimum absolute atomic E-state index is 0.0314. The van der Waals surface area contributed by atoms with Crippen LogP contribution < -0.4 is 10.2 Å². The zero-order valence-electron chi connectivity index (χ0n) is 15.0. The van der Waals surface area contributed by atoms with E-state index in [2.05, 4.69) is 5.32 Å². The van der Waals surface area contributed by atoms with E-state index in [1.165, 1.54) is 4.90 Å². The fourth-order valence-corrected chi connectivity index (χ4v) is 3.67. The monoisotopic (exact) mass is 448 g/mol. The zero-order valence-corrected chi connectivity index (χ0v) is 17.0. The van der Waals surface area contributed by atoms with Gasteiger partial charge in [0.05, 0.1) is 0 Å². The number of alkyl halides is 2. The van der Waals surface area contributed by atoms with E-state index in [4.69, 9.17) is 16.1 Å². The van der Waals surface area contributed by atoms with E-state index in [1.54, 1.807) is 24.3 Å². The van der Waals surface area contributed by atoms with Crippen molar-refractivity contribution in [2.24, 2.45) is 0 Å². The fourth-order valence-electron chi connectivity index (χ4n) is 3.27. The van der Waals surface area contributed by atoms with Gasteiger partial charge in [-0.15, -0.1) is 0 Å². The Morgan fingerprint density at radius 2 is 1.86 bits per heavy atom. The molecule has 0 aromatic heterocycles. The van der Waals surface area contributed by atoms with Crippen LogP contribution in [-0.4, -0.2) is 24.6 Å². The summed E-state index contributed by atoms with van der Waals surface area (Å²) in [5.74, 6) is -5.13. The summed E-state index contributed by atoms with van der Waals surface area (Å²) in [6, 6.07) is 7.35. The lowest BCUT2D eigenvalue weighted by Crippen LogP contribution is -2.53. The molecule has 4 nitrogen and oxygen atoms in total. The van der Waals surface area contributed by atoms with Crippen LogP contribution in [0.15, 0.2) is 42.5 Å². The highest BCUT2D eigenvalue weighted by atomic mass is 35.5. The summed E-state index contributed by atoms with van der Waals surface area (Å²) in [7, 11) is 1.99. The van der Waals surface area contributed by atoms with E-state index in [1.807, 2.05) is 9.47 Å². The van der Waals surface area contributed by atoms with Gasteiger partial charge in [0.2, 0.25) is 5.91 Å². The highest BCUT2D eigenvalue weighted by Gasteiger charge is 2.47. The van der Waals surface area contributed by atoms with Gasteiger partial charge in [-0.2, -0.15) is 0 Å². The molecule has 1 N–H and O–H groups in total. The number of amides is 1. The largest absolute Gasteiger partial charge is 0.351 e. The Kier molecular flexibility index (Phi) is 6.66. The van der Waals surface area contributed by atoms with Gasteiger partial charge in [-0.1, -0.05) is 29.8 Å². The summed E-state index contributed by atoms with van der Waals surface area (Å²) in [6.45, 7) is -0.238. The lowest BCUT2D eigenvalue weighted by molar-refractivity contribution is -0.130. The molecule has 10 heteroatoms. The Hall–Kier alpha value is -1.89. The number of rotatable bonds is 7. The van der Waals surface area contributed by atoms with E-state index < -0.39 is 48.4 Å². The minimum atomic E-state index is -2.81. The van der Waals surface area contributed by atoms with Crippen LogP contribution in [0.25, 0.3) is 0 Å². The molecule has 1 fully saturated rings. The van der Waals surface area contributed by atoms with Gasteiger partial charge >= 0.3 is 0 Å². The molecule has 2 aromatic carbocycles. The topological polar surface area (TPSA) is 41.6 Å². The molecule has 0 heterocycles. The Bertz CT molecular complexity index is 874. The van der Waals surface area contributed by atoms with Crippen LogP contribution in [0, 0.1) is 11.6 Å². The van der Waals surface area contributed by atoms with Gasteiger partial charge in [0.15, 0.2) is 0 Å². The second kappa shape index (κ2) is 8.86. The third-order valence-corrected chi connectivity index (χ3v) is 5.08. The Morgan fingerprint density at radius 1 is 1.24 bits per heavy atom. The number of hydrogen-bond donors (Lipinski definition) is 1. The van der Waals surface area contributed by atoms with Crippen molar-refractivity contribution in [3.05, 3.63) is 64.7 Å². The lowest BCUT2D eigenvalue weighted by Gasteiger charge is -2.38. The van der Waals surface area contributed by atoms with Crippen molar-refractivity contribution in [3.63, 3.8) is 0 Å². The standard InChI is InChI=1S/C19H18ClF4N2O2P/c20-16-4-2-1-3-15(16)17(18(27)25-13-8-19(23,24)9-13)26(10-28-29)14-6-11(21)5-12(22)7-14/h1-7,13,17H,8-10,29H2,(H,25,27). The maximum atomic E-state index is 13.8. The zero-order chi connectivity index (χ0) is 21.2. The first-order valence-electron chi connectivity index (χ1n) is 8.67. The van der Waals surface area contributed by atoms with Gasteiger partial charge in [0.25, 0.3) is 5.92 Å². The molecule has 156 valence electrons. The molecule has 2 atom stereocenters. The van der Waals surface area contributed by atoms with Gasteiger partial charge in [-0.25, -0.2) is 17.6 Å². The molecule has 29 heavy (non-hydrogen) atoms. The summed E-state index contributed by atoms with van der Waals surface area (Å²) in [5.41, 5.74) is 0.369. The average molecular weight is 449 g/mol. The van der Waals surface area contributed by atoms with Crippen LogP contribution in [0.5, 0.6) is 0 Å². The summed E-state index contributed by atoms with van der Waals surface area (Å²) in [5, 5.41) is 2.80. The first kappa shape index (κ1) is 21.8. The number of halogens is 5. The van der Waals surface area contributed by atoms with Crippen LogP contribution >= 0.6 is 21.1 Å². The average Bonchev–Trinajstić information content (AvgIpc) is 2.60. The smallest absolute Gasteiger partial charge is 0.252 e. The maximum absolute atomic E-state index is 13.8. The van der Waals surface area contributed by atoms with Gasteiger partial charge in [0.1, 0.15) is 24.4 Å². The van der Waals surface area contributed by atoms with Crippen LogP contribution in [0.2, 0.25) is 5.02 Å².